The van der Waals surface area contributed by atoms with E-state index in [-0.39, 0.29) is 0 Å². The normalized spacial score (nSPS) is 19.1. The van der Waals surface area contributed by atoms with Crippen LogP contribution in [0, 0.1) is 5.92 Å². The second-order valence-electron chi connectivity index (χ2n) is 5.28. The van der Waals surface area contributed by atoms with E-state index in [2.05, 4.69) is 11.8 Å². The number of hydrogen-bond acceptors (Lipinski definition) is 2. The van der Waals surface area contributed by atoms with E-state index in [1.165, 1.54) is 64.6 Å². The monoisotopic (exact) mass is 227 g/mol. The first-order valence-corrected chi connectivity index (χ1v) is 7.04. The molecule has 0 radical (unpaired) electrons. The van der Waals surface area contributed by atoms with Gasteiger partial charge in [-0.3, -0.25) is 0 Å². The van der Waals surface area contributed by atoms with Gasteiger partial charge in [0.1, 0.15) is 0 Å². The molecule has 1 aliphatic rings. The fraction of sp³-hybridized carbons (Fsp3) is 1.00. The Kier molecular flexibility index (Phi) is 7.87. The molecule has 2 nitrogen and oxygen atoms in total. The van der Waals surface area contributed by atoms with Crippen molar-refractivity contribution in [3.63, 3.8) is 0 Å². The molecule has 1 rings (SSSR count). The van der Waals surface area contributed by atoms with Crippen LogP contribution in [0.25, 0.3) is 0 Å². The quantitative estimate of drug-likeness (QED) is 0.590. The molecular formula is C14H29NO. The summed E-state index contributed by atoms with van der Waals surface area (Å²) in [4.78, 5) is 2.65. The number of unbranched alkanes of at least 4 members (excludes halogenated alkanes) is 4. The summed E-state index contributed by atoms with van der Waals surface area (Å²) >= 11 is 0. The SMILES string of the molecule is COCCCCCCCN1CCC(C)CC1. The summed E-state index contributed by atoms with van der Waals surface area (Å²) < 4.78 is 5.05. The minimum absolute atomic E-state index is 0.935. The van der Waals surface area contributed by atoms with Crippen molar-refractivity contribution in [3.8, 4) is 0 Å². The van der Waals surface area contributed by atoms with Crippen LogP contribution < -0.4 is 0 Å². The third kappa shape index (κ3) is 6.49. The number of rotatable bonds is 8. The lowest BCUT2D eigenvalue weighted by atomic mass is 9.99. The summed E-state index contributed by atoms with van der Waals surface area (Å²) in [6, 6.07) is 0. The second-order valence-corrected chi connectivity index (χ2v) is 5.28. The highest BCUT2D eigenvalue weighted by atomic mass is 16.5. The molecule has 1 fully saturated rings. The number of methoxy groups -OCH3 is 1. The van der Waals surface area contributed by atoms with Gasteiger partial charge in [-0.25, -0.2) is 0 Å². The van der Waals surface area contributed by atoms with Gasteiger partial charge < -0.3 is 9.64 Å². The minimum atomic E-state index is 0.935. The van der Waals surface area contributed by atoms with Gasteiger partial charge in [0.15, 0.2) is 0 Å². The molecule has 0 atom stereocenters. The molecule has 1 aliphatic heterocycles. The first-order chi connectivity index (χ1) is 7.83. The summed E-state index contributed by atoms with van der Waals surface area (Å²) in [7, 11) is 1.79. The second kappa shape index (κ2) is 9.00. The Morgan fingerprint density at radius 2 is 1.62 bits per heavy atom. The first kappa shape index (κ1) is 14.0. The Morgan fingerprint density at radius 1 is 1.00 bits per heavy atom. The van der Waals surface area contributed by atoms with Gasteiger partial charge in [0.2, 0.25) is 0 Å². The molecule has 0 N–H and O–H groups in total. The van der Waals surface area contributed by atoms with Crippen molar-refractivity contribution in [2.75, 3.05) is 33.4 Å². The molecule has 1 saturated heterocycles. The Bertz CT molecular complexity index is 153. The van der Waals surface area contributed by atoms with Crippen LogP contribution in [-0.2, 0) is 4.74 Å². The van der Waals surface area contributed by atoms with Crippen LogP contribution in [0.2, 0.25) is 0 Å². The van der Waals surface area contributed by atoms with Gasteiger partial charge in [0.25, 0.3) is 0 Å². The topological polar surface area (TPSA) is 12.5 Å². The largest absolute Gasteiger partial charge is 0.385 e. The number of nitrogens with zero attached hydrogens (tertiary/aromatic N) is 1. The predicted molar refractivity (Wildman–Crippen MR) is 69.8 cm³/mol. The van der Waals surface area contributed by atoms with E-state index in [0.717, 1.165) is 12.5 Å². The van der Waals surface area contributed by atoms with Gasteiger partial charge in [0, 0.05) is 13.7 Å². The third-order valence-corrected chi connectivity index (χ3v) is 3.70. The molecule has 0 amide bonds. The lowest BCUT2D eigenvalue weighted by molar-refractivity contribution is 0.185. The molecule has 0 bridgehead atoms. The van der Waals surface area contributed by atoms with Crippen molar-refractivity contribution in [3.05, 3.63) is 0 Å². The zero-order chi connectivity index (χ0) is 11.6. The maximum Gasteiger partial charge on any atom is 0.0462 e. The zero-order valence-corrected chi connectivity index (χ0v) is 11.2. The van der Waals surface area contributed by atoms with E-state index in [9.17, 15) is 0 Å². The Labute approximate surface area is 101 Å². The van der Waals surface area contributed by atoms with E-state index in [4.69, 9.17) is 4.74 Å². The fourth-order valence-corrected chi connectivity index (χ4v) is 2.40. The number of piperidine rings is 1. The molecule has 96 valence electrons. The fourth-order valence-electron chi connectivity index (χ4n) is 2.40. The molecule has 0 aromatic rings. The minimum Gasteiger partial charge on any atom is -0.385 e. The van der Waals surface area contributed by atoms with Gasteiger partial charge >= 0.3 is 0 Å². The standard InChI is InChI=1S/C14H29NO/c1-14-8-11-15(12-9-14)10-6-4-3-5-7-13-16-2/h14H,3-13H2,1-2H3. The summed E-state index contributed by atoms with van der Waals surface area (Å²) in [5.74, 6) is 0.963. The summed E-state index contributed by atoms with van der Waals surface area (Å²) in [5.41, 5.74) is 0. The van der Waals surface area contributed by atoms with Crippen molar-refractivity contribution < 1.29 is 4.74 Å². The maximum atomic E-state index is 5.05. The predicted octanol–water partition coefficient (Wildman–Crippen LogP) is 3.32. The van der Waals surface area contributed by atoms with E-state index in [1.54, 1.807) is 7.11 Å². The van der Waals surface area contributed by atoms with Crippen molar-refractivity contribution in [2.45, 2.75) is 51.9 Å². The number of ether oxygens (including phenoxy) is 1. The third-order valence-electron chi connectivity index (χ3n) is 3.70. The van der Waals surface area contributed by atoms with Gasteiger partial charge in [-0.1, -0.05) is 26.2 Å². The summed E-state index contributed by atoms with van der Waals surface area (Å²) in [6.07, 6.45) is 9.56. The molecular weight excluding hydrogens is 198 g/mol. The Balaban J connectivity index is 1.84. The van der Waals surface area contributed by atoms with Crippen molar-refractivity contribution in [1.82, 2.24) is 4.90 Å². The molecule has 2 heteroatoms. The van der Waals surface area contributed by atoms with Crippen molar-refractivity contribution in [2.24, 2.45) is 5.92 Å². The van der Waals surface area contributed by atoms with Crippen LogP contribution in [-0.4, -0.2) is 38.3 Å². The Morgan fingerprint density at radius 3 is 2.31 bits per heavy atom. The Hall–Kier alpha value is -0.0800. The van der Waals surface area contributed by atoms with Gasteiger partial charge in [0.05, 0.1) is 0 Å². The van der Waals surface area contributed by atoms with Crippen molar-refractivity contribution >= 4 is 0 Å². The molecule has 0 aromatic heterocycles. The maximum absolute atomic E-state index is 5.05. The molecule has 0 spiro atoms. The van der Waals surface area contributed by atoms with E-state index in [1.807, 2.05) is 0 Å². The van der Waals surface area contributed by atoms with Crippen LogP contribution in [0.15, 0.2) is 0 Å². The highest BCUT2D eigenvalue weighted by Crippen LogP contribution is 2.16. The van der Waals surface area contributed by atoms with Crippen LogP contribution in [0.3, 0.4) is 0 Å². The molecule has 0 unspecified atom stereocenters. The molecule has 0 aliphatic carbocycles. The van der Waals surface area contributed by atoms with E-state index >= 15 is 0 Å². The summed E-state index contributed by atoms with van der Waals surface area (Å²) in [5, 5.41) is 0. The zero-order valence-electron chi connectivity index (χ0n) is 11.2. The lowest BCUT2D eigenvalue weighted by Crippen LogP contribution is -2.33. The molecule has 0 aromatic carbocycles. The number of likely N-dealkylation sites (tertiary alicyclic amines) is 1. The molecule has 16 heavy (non-hydrogen) atoms. The average molecular weight is 227 g/mol. The lowest BCUT2D eigenvalue weighted by Gasteiger charge is -2.30. The highest BCUT2D eigenvalue weighted by molar-refractivity contribution is 4.69. The van der Waals surface area contributed by atoms with Crippen LogP contribution in [0.4, 0.5) is 0 Å². The van der Waals surface area contributed by atoms with E-state index < -0.39 is 0 Å². The van der Waals surface area contributed by atoms with Gasteiger partial charge in [-0.05, 0) is 51.2 Å². The van der Waals surface area contributed by atoms with Gasteiger partial charge in [-0.15, -0.1) is 0 Å². The number of hydrogen-bond donors (Lipinski definition) is 0. The smallest absolute Gasteiger partial charge is 0.0462 e. The van der Waals surface area contributed by atoms with Crippen molar-refractivity contribution in [1.29, 1.82) is 0 Å². The summed E-state index contributed by atoms with van der Waals surface area (Å²) in [6.45, 7) is 7.32. The van der Waals surface area contributed by atoms with Crippen LogP contribution in [0.1, 0.15) is 51.9 Å². The first-order valence-electron chi connectivity index (χ1n) is 7.04. The van der Waals surface area contributed by atoms with Crippen LogP contribution >= 0.6 is 0 Å². The highest BCUT2D eigenvalue weighted by Gasteiger charge is 2.14. The van der Waals surface area contributed by atoms with E-state index in [0.29, 0.717) is 0 Å². The van der Waals surface area contributed by atoms with Crippen LogP contribution in [0.5, 0.6) is 0 Å². The van der Waals surface area contributed by atoms with Gasteiger partial charge in [-0.2, -0.15) is 0 Å². The average Bonchev–Trinajstić information content (AvgIpc) is 2.30. The molecule has 0 saturated carbocycles. The molecule has 1 heterocycles.